The van der Waals surface area contributed by atoms with Gasteiger partial charge >= 0.3 is 0 Å². The number of nitrogens with zero attached hydrogens (tertiary/aromatic N) is 4. The average Bonchev–Trinajstić information content (AvgIpc) is 3.28. The molecule has 4 aromatic heterocycles. The van der Waals surface area contributed by atoms with Crippen LogP contribution in [0.3, 0.4) is 0 Å². The van der Waals surface area contributed by atoms with E-state index in [9.17, 15) is 0 Å². The first kappa shape index (κ1) is 13.9. The standard InChI is InChI=1S/C20H15N5/c1-2-8-21-16(3-1)13-25-10-7-14-4-5-15(11-19(14)25)18-12-23-20-17(24-18)6-9-22-20/h1-12H,13H2,(H,22,23). The molecule has 0 saturated heterocycles. The van der Waals surface area contributed by atoms with E-state index in [0.717, 1.165) is 34.7 Å². The van der Waals surface area contributed by atoms with E-state index in [1.165, 1.54) is 10.9 Å². The molecule has 5 aromatic rings. The Morgan fingerprint density at radius 1 is 1.00 bits per heavy atom. The summed E-state index contributed by atoms with van der Waals surface area (Å²) in [5.74, 6) is 0. The van der Waals surface area contributed by atoms with Gasteiger partial charge < -0.3 is 9.55 Å². The van der Waals surface area contributed by atoms with Crippen molar-refractivity contribution < 1.29 is 0 Å². The van der Waals surface area contributed by atoms with Crippen LogP contribution in [-0.2, 0) is 6.54 Å². The third kappa shape index (κ3) is 2.46. The predicted octanol–water partition coefficient (Wildman–Crippen LogP) is 4.02. The molecule has 5 rings (SSSR count). The van der Waals surface area contributed by atoms with E-state index in [4.69, 9.17) is 4.98 Å². The number of aromatic amines is 1. The zero-order valence-electron chi connectivity index (χ0n) is 13.4. The highest BCUT2D eigenvalue weighted by Gasteiger charge is 2.07. The van der Waals surface area contributed by atoms with Gasteiger partial charge in [-0.25, -0.2) is 9.97 Å². The summed E-state index contributed by atoms with van der Waals surface area (Å²) in [6, 6.07) is 16.4. The summed E-state index contributed by atoms with van der Waals surface area (Å²) in [6.45, 7) is 0.746. The molecule has 5 heteroatoms. The molecule has 5 nitrogen and oxygen atoms in total. The maximum absolute atomic E-state index is 4.69. The minimum atomic E-state index is 0.746. The third-order valence-corrected chi connectivity index (χ3v) is 4.39. The molecule has 120 valence electrons. The lowest BCUT2D eigenvalue weighted by molar-refractivity contribution is 0.807. The van der Waals surface area contributed by atoms with Gasteiger partial charge in [-0.3, -0.25) is 4.98 Å². The highest BCUT2D eigenvalue weighted by Crippen LogP contribution is 2.25. The Morgan fingerprint density at radius 2 is 2.00 bits per heavy atom. The predicted molar refractivity (Wildman–Crippen MR) is 98.2 cm³/mol. The smallest absolute Gasteiger partial charge is 0.156 e. The van der Waals surface area contributed by atoms with Crippen LogP contribution in [0.2, 0.25) is 0 Å². The molecule has 0 unspecified atom stereocenters. The first-order chi connectivity index (χ1) is 12.4. The molecule has 0 aliphatic rings. The summed E-state index contributed by atoms with van der Waals surface area (Å²) >= 11 is 0. The summed E-state index contributed by atoms with van der Waals surface area (Å²) in [5.41, 5.74) is 5.83. The van der Waals surface area contributed by atoms with Crippen LogP contribution >= 0.6 is 0 Å². The first-order valence-electron chi connectivity index (χ1n) is 8.16. The third-order valence-electron chi connectivity index (χ3n) is 4.39. The lowest BCUT2D eigenvalue weighted by Gasteiger charge is -2.07. The van der Waals surface area contributed by atoms with Crippen LogP contribution in [0.25, 0.3) is 33.3 Å². The van der Waals surface area contributed by atoms with Crippen LogP contribution in [0.4, 0.5) is 0 Å². The van der Waals surface area contributed by atoms with E-state index >= 15 is 0 Å². The lowest BCUT2D eigenvalue weighted by Crippen LogP contribution is -1.99. The van der Waals surface area contributed by atoms with Gasteiger partial charge in [-0.05, 0) is 35.7 Å². The Kier molecular flexibility index (Phi) is 3.10. The van der Waals surface area contributed by atoms with E-state index in [0.29, 0.717) is 0 Å². The molecule has 0 amide bonds. The van der Waals surface area contributed by atoms with E-state index in [1.54, 1.807) is 0 Å². The fourth-order valence-electron chi connectivity index (χ4n) is 3.12. The minimum absolute atomic E-state index is 0.746. The van der Waals surface area contributed by atoms with Crippen molar-refractivity contribution in [1.29, 1.82) is 0 Å². The molecule has 0 aliphatic heterocycles. The summed E-state index contributed by atoms with van der Waals surface area (Å²) < 4.78 is 2.21. The van der Waals surface area contributed by atoms with Crippen molar-refractivity contribution in [3.8, 4) is 11.3 Å². The quantitative estimate of drug-likeness (QED) is 0.545. The van der Waals surface area contributed by atoms with Gasteiger partial charge in [0, 0.05) is 29.7 Å². The van der Waals surface area contributed by atoms with Crippen LogP contribution in [0.1, 0.15) is 5.69 Å². The SMILES string of the molecule is c1ccc(Cn2ccc3ccc(-c4cnc5[nH]ccc5n4)cc32)nc1. The van der Waals surface area contributed by atoms with Crippen molar-refractivity contribution in [1.82, 2.24) is 24.5 Å². The van der Waals surface area contributed by atoms with Gasteiger partial charge in [-0.2, -0.15) is 0 Å². The maximum atomic E-state index is 4.69. The van der Waals surface area contributed by atoms with E-state index in [1.807, 2.05) is 42.9 Å². The number of rotatable bonds is 3. The molecule has 0 aliphatic carbocycles. The normalized spacial score (nSPS) is 11.4. The molecule has 0 saturated carbocycles. The molecular formula is C20H15N5. The minimum Gasteiger partial charge on any atom is -0.345 e. The van der Waals surface area contributed by atoms with Crippen molar-refractivity contribution in [2.75, 3.05) is 0 Å². The van der Waals surface area contributed by atoms with Crippen LogP contribution < -0.4 is 0 Å². The van der Waals surface area contributed by atoms with Gasteiger partial charge in [0.2, 0.25) is 0 Å². The van der Waals surface area contributed by atoms with Crippen LogP contribution in [0.15, 0.2) is 73.3 Å². The number of H-pyrrole nitrogens is 1. The number of benzene rings is 1. The zero-order valence-corrected chi connectivity index (χ0v) is 13.4. The van der Waals surface area contributed by atoms with E-state index < -0.39 is 0 Å². The zero-order chi connectivity index (χ0) is 16.6. The highest BCUT2D eigenvalue weighted by molar-refractivity contribution is 5.85. The average molecular weight is 325 g/mol. The Balaban J connectivity index is 1.59. The second-order valence-electron chi connectivity index (χ2n) is 6.01. The molecule has 0 fully saturated rings. The second kappa shape index (κ2) is 5.56. The number of pyridine rings is 1. The van der Waals surface area contributed by atoms with Gasteiger partial charge in [0.05, 0.1) is 24.1 Å². The Morgan fingerprint density at radius 3 is 2.92 bits per heavy atom. The molecule has 4 heterocycles. The molecule has 1 N–H and O–H groups in total. The number of hydrogen-bond acceptors (Lipinski definition) is 3. The van der Waals surface area contributed by atoms with E-state index in [-0.39, 0.29) is 0 Å². The van der Waals surface area contributed by atoms with Crippen molar-refractivity contribution >= 4 is 22.1 Å². The summed E-state index contributed by atoms with van der Waals surface area (Å²) in [4.78, 5) is 16.6. The highest BCUT2D eigenvalue weighted by atomic mass is 15.0. The Hall–Kier alpha value is -3.47. The number of hydrogen-bond donors (Lipinski definition) is 1. The van der Waals surface area contributed by atoms with Gasteiger partial charge in [-0.1, -0.05) is 18.2 Å². The van der Waals surface area contributed by atoms with Gasteiger partial charge in [0.25, 0.3) is 0 Å². The van der Waals surface area contributed by atoms with Gasteiger partial charge in [-0.15, -0.1) is 0 Å². The van der Waals surface area contributed by atoms with Crippen LogP contribution in [0, 0.1) is 0 Å². The number of nitrogens with one attached hydrogen (secondary N) is 1. The van der Waals surface area contributed by atoms with Crippen molar-refractivity contribution in [2.24, 2.45) is 0 Å². The molecule has 1 aromatic carbocycles. The summed E-state index contributed by atoms with van der Waals surface area (Å²) in [5, 5.41) is 1.20. The molecule has 0 spiro atoms. The molecular weight excluding hydrogens is 310 g/mol. The maximum Gasteiger partial charge on any atom is 0.156 e. The van der Waals surface area contributed by atoms with Gasteiger partial charge in [0.15, 0.2) is 5.65 Å². The lowest BCUT2D eigenvalue weighted by atomic mass is 10.1. The Bertz CT molecular complexity index is 1170. The van der Waals surface area contributed by atoms with Crippen molar-refractivity contribution in [3.63, 3.8) is 0 Å². The molecule has 0 atom stereocenters. The van der Waals surface area contributed by atoms with Gasteiger partial charge in [0.1, 0.15) is 5.52 Å². The number of aromatic nitrogens is 5. The summed E-state index contributed by atoms with van der Waals surface area (Å²) in [7, 11) is 0. The topological polar surface area (TPSA) is 59.4 Å². The number of fused-ring (bicyclic) bond motifs is 2. The van der Waals surface area contributed by atoms with Crippen molar-refractivity contribution in [2.45, 2.75) is 6.54 Å². The van der Waals surface area contributed by atoms with Crippen molar-refractivity contribution in [3.05, 3.63) is 79.0 Å². The first-order valence-corrected chi connectivity index (χ1v) is 8.16. The summed E-state index contributed by atoms with van der Waals surface area (Å²) in [6.07, 6.45) is 7.60. The fraction of sp³-hybridized carbons (Fsp3) is 0.0500. The molecule has 0 bridgehead atoms. The fourth-order valence-corrected chi connectivity index (χ4v) is 3.12. The molecule has 25 heavy (non-hydrogen) atoms. The van der Waals surface area contributed by atoms with Crippen LogP contribution in [-0.4, -0.2) is 24.5 Å². The largest absolute Gasteiger partial charge is 0.345 e. The monoisotopic (exact) mass is 325 g/mol. The molecule has 0 radical (unpaired) electrons. The Labute approximate surface area is 144 Å². The van der Waals surface area contributed by atoms with Crippen LogP contribution in [0.5, 0.6) is 0 Å². The second-order valence-corrected chi connectivity index (χ2v) is 6.01. The van der Waals surface area contributed by atoms with E-state index in [2.05, 4.69) is 50.0 Å².